The minimum Gasteiger partial charge on any atom is -0.365 e. The summed E-state index contributed by atoms with van der Waals surface area (Å²) >= 11 is 5.47. The molecule has 0 spiro atoms. The maximum absolute atomic E-state index is 14.2. The van der Waals surface area contributed by atoms with E-state index >= 15 is 0 Å². The van der Waals surface area contributed by atoms with E-state index in [1.807, 2.05) is 34.6 Å². The summed E-state index contributed by atoms with van der Waals surface area (Å²) in [6.45, 7) is 9.59. The highest BCUT2D eigenvalue weighted by atomic mass is 35.5. The van der Waals surface area contributed by atoms with E-state index in [-0.39, 0.29) is 45.1 Å². The van der Waals surface area contributed by atoms with Crippen LogP contribution in [0.15, 0.2) is 60.3 Å². The van der Waals surface area contributed by atoms with Crippen LogP contribution >= 0.6 is 11.6 Å². The van der Waals surface area contributed by atoms with Crippen LogP contribution in [0, 0.1) is 24.5 Å². The summed E-state index contributed by atoms with van der Waals surface area (Å²) in [7, 11) is -3.91. The van der Waals surface area contributed by atoms with Crippen molar-refractivity contribution in [2.24, 2.45) is 5.92 Å². The maximum Gasteiger partial charge on any atom is 0.269 e. The Morgan fingerprint density at radius 1 is 0.952 bits per heavy atom. The molecule has 4 aromatic heterocycles. The van der Waals surface area contributed by atoms with E-state index in [2.05, 4.69) is 35.2 Å². The lowest BCUT2D eigenvalue weighted by atomic mass is 10.1. The zero-order valence-electron chi connectivity index (χ0n) is 23.5. The fourth-order valence-corrected chi connectivity index (χ4v) is 5.36. The average molecular weight is 615 g/mol. The predicted molar refractivity (Wildman–Crippen MR) is 157 cm³/mol. The Kier molecular flexibility index (Phi) is 9.42. The van der Waals surface area contributed by atoms with Crippen LogP contribution in [0.4, 0.5) is 14.6 Å². The third-order valence-corrected chi connectivity index (χ3v) is 7.66. The molecule has 0 fully saturated rings. The van der Waals surface area contributed by atoms with E-state index in [1.54, 1.807) is 24.3 Å². The zero-order chi connectivity index (χ0) is 30.6. The number of hydrogen-bond donors (Lipinski definition) is 1. The van der Waals surface area contributed by atoms with Crippen molar-refractivity contribution in [3.05, 3.63) is 83.6 Å². The van der Waals surface area contributed by atoms with Crippen LogP contribution in [0.25, 0.3) is 22.4 Å². The Bertz CT molecular complexity index is 1810. The van der Waals surface area contributed by atoms with Gasteiger partial charge in [0.2, 0.25) is 5.28 Å². The molecule has 1 N–H and O–H groups in total. The minimum atomic E-state index is -3.91. The molecular weight excluding hydrogens is 586 g/mol. The van der Waals surface area contributed by atoms with Gasteiger partial charge in [-0.25, -0.2) is 46.1 Å². The van der Waals surface area contributed by atoms with Gasteiger partial charge in [-0.3, -0.25) is 0 Å². The largest absolute Gasteiger partial charge is 0.365 e. The molecule has 0 unspecified atom stereocenters. The van der Waals surface area contributed by atoms with Crippen LogP contribution < -0.4 is 5.32 Å². The number of halogens is 3. The van der Waals surface area contributed by atoms with Gasteiger partial charge in [-0.2, -0.15) is 4.98 Å². The molecule has 14 heteroatoms. The lowest BCUT2D eigenvalue weighted by molar-refractivity contribution is 0.554. The fourth-order valence-electron chi connectivity index (χ4n) is 3.90. The third kappa shape index (κ3) is 7.02. The Morgan fingerprint density at radius 3 is 2.31 bits per heavy atom. The molecule has 0 saturated carbocycles. The topological polar surface area (TPSA) is 128 Å². The number of fused-ring (bicyclic) bond motifs is 1. The molecule has 0 aliphatic rings. The molecule has 10 nitrogen and oxygen atoms in total. The quantitative estimate of drug-likeness (QED) is 0.224. The number of hydrogen-bond acceptors (Lipinski definition) is 9. The van der Waals surface area contributed by atoms with Gasteiger partial charge in [0.15, 0.2) is 28.9 Å². The zero-order valence-corrected chi connectivity index (χ0v) is 25.1. The second kappa shape index (κ2) is 12.8. The first kappa shape index (κ1) is 30.8. The van der Waals surface area contributed by atoms with Crippen molar-refractivity contribution < 1.29 is 17.2 Å². The maximum atomic E-state index is 14.2. The summed E-state index contributed by atoms with van der Waals surface area (Å²) in [4.78, 5) is 23.9. The van der Waals surface area contributed by atoms with Crippen LogP contribution in [-0.2, 0) is 16.4 Å². The molecule has 4 heterocycles. The van der Waals surface area contributed by atoms with E-state index in [1.165, 1.54) is 18.7 Å². The molecule has 0 aliphatic heterocycles. The standard InChI is InChI=1S/C21H20FN5O2S.C7H9ClFN3/c1-13(2)8-19-18(22)10-24-20(26-19)17-11-27(21-16(17)9-23-12-25-21)30(28,29)15-6-4-14(3)5-7-15;1-4(2)11-6-5(9)3-10-7(8)12-6/h4-7,9-13H,8H2,1-3H3;3-4H,1-2H3,(H,10,11,12). The van der Waals surface area contributed by atoms with E-state index in [0.29, 0.717) is 17.4 Å². The highest BCUT2D eigenvalue weighted by molar-refractivity contribution is 7.90. The second-order valence-electron chi connectivity index (χ2n) is 10.1. The monoisotopic (exact) mass is 614 g/mol. The molecule has 0 amide bonds. The smallest absolute Gasteiger partial charge is 0.269 e. The van der Waals surface area contributed by atoms with Crippen molar-refractivity contribution in [2.45, 2.75) is 52.0 Å². The molecule has 220 valence electrons. The van der Waals surface area contributed by atoms with Gasteiger partial charge < -0.3 is 5.32 Å². The minimum absolute atomic E-state index is 0.0413. The van der Waals surface area contributed by atoms with E-state index < -0.39 is 21.7 Å². The van der Waals surface area contributed by atoms with Gasteiger partial charge in [0, 0.05) is 29.4 Å². The molecule has 42 heavy (non-hydrogen) atoms. The van der Waals surface area contributed by atoms with Gasteiger partial charge in [-0.15, -0.1) is 0 Å². The van der Waals surface area contributed by atoms with Crippen molar-refractivity contribution in [2.75, 3.05) is 5.32 Å². The number of nitrogens with one attached hydrogen (secondary N) is 1. The van der Waals surface area contributed by atoms with E-state index in [9.17, 15) is 17.2 Å². The Balaban J connectivity index is 0.000000283. The highest BCUT2D eigenvalue weighted by Gasteiger charge is 2.24. The normalized spacial score (nSPS) is 11.6. The lowest BCUT2D eigenvalue weighted by Crippen LogP contribution is -2.12. The summed E-state index contributed by atoms with van der Waals surface area (Å²) in [5.41, 5.74) is 1.87. The molecular formula is C28H29ClF2N8O2S. The molecule has 5 rings (SSSR count). The number of aromatic nitrogens is 7. The van der Waals surface area contributed by atoms with Crippen molar-refractivity contribution in [1.29, 1.82) is 0 Å². The highest BCUT2D eigenvalue weighted by Crippen LogP contribution is 2.30. The predicted octanol–water partition coefficient (Wildman–Crippen LogP) is 5.86. The second-order valence-corrected chi connectivity index (χ2v) is 12.3. The number of nitrogens with zero attached hydrogens (tertiary/aromatic N) is 7. The fraction of sp³-hybridized carbons (Fsp3) is 0.286. The first-order valence-electron chi connectivity index (χ1n) is 13.0. The summed E-state index contributed by atoms with van der Waals surface area (Å²) in [6.07, 6.45) is 6.80. The number of rotatable bonds is 7. The van der Waals surface area contributed by atoms with Gasteiger partial charge in [-0.05, 0) is 56.8 Å². The van der Waals surface area contributed by atoms with Crippen LogP contribution in [-0.4, -0.2) is 48.3 Å². The van der Waals surface area contributed by atoms with Crippen LogP contribution in [0.2, 0.25) is 5.28 Å². The van der Waals surface area contributed by atoms with Gasteiger partial charge >= 0.3 is 0 Å². The lowest BCUT2D eigenvalue weighted by Gasteiger charge is -2.08. The average Bonchev–Trinajstić information content (AvgIpc) is 3.33. The number of aryl methyl sites for hydroxylation is 1. The Morgan fingerprint density at radius 2 is 1.64 bits per heavy atom. The summed E-state index contributed by atoms with van der Waals surface area (Å²) in [5, 5.41) is 3.31. The van der Waals surface area contributed by atoms with E-state index in [0.717, 1.165) is 21.9 Å². The molecule has 0 saturated heterocycles. The number of anilines is 1. The first-order chi connectivity index (χ1) is 19.9. The summed E-state index contributed by atoms with van der Waals surface area (Å²) in [5.74, 6) is -0.406. The van der Waals surface area contributed by atoms with Gasteiger partial charge in [0.1, 0.15) is 6.33 Å². The Labute approximate surface area is 247 Å². The first-order valence-corrected chi connectivity index (χ1v) is 14.8. The van der Waals surface area contributed by atoms with E-state index in [4.69, 9.17) is 11.6 Å². The number of benzene rings is 1. The van der Waals surface area contributed by atoms with Crippen molar-refractivity contribution in [1.82, 2.24) is 33.9 Å². The SMILES string of the molecule is CC(C)Nc1nc(Cl)ncc1F.Cc1ccc(S(=O)(=O)n2cc(-c3ncc(F)c(CC(C)C)n3)c3cncnc32)cc1. The van der Waals surface area contributed by atoms with Gasteiger partial charge in [0.25, 0.3) is 10.0 Å². The third-order valence-electron chi connectivity index (χ3n) is 5.81. The summed E-state index contributed by atoms with van der Waals surface area (Å²) in [6, 6.07) is 6.68. The molecule has 5 aromatic rings. The van der Waals surface area contributed by atoms with Crippen LogP contribution in [0.3, 0.4) is 0 Å². The molecule has 0 bridgehead atoms. The van der Waals surface area contributed by atoms with Crippen LogP contribution in [0.5, 0.6) is 0 Å². The molecule has 0 atom stereocenters. The van der Waals surface area contributed by atoms with Gasteiger partial charge in [0.05, 0.1) is 23.0 Å². The van der Waals surface area contributed by atoms with Crippen LogP contribution in [0.1, 0.15) is 39.0 Å². The van der Waals surface area contributed by atoms with Crippen molar-refractivity contribution in [3.63, 3.8) is 0 Å². The Hall–Kier alpha value is -4.10. The van der Waals surface area contributed by atoms with Crippen molar-refractivity contribution in [3.8, 4) is 11.4 Å². The summed E-state index contributed by atoms with van der Waals surface area (Å²) < 4.78 is 54.7. The van der Waals surface area contributed by atoms with Gasteiger partial charge in [-0.1, -0.05) is 31.5 Å². The molecule has 0 radical (unpaired) electrons. The van der Waals surface area contributed by atoms with Crippen molar-refractivity contribution >= 4 is 38.5 Å². The molecule has 0 aliphatic carbocycles. The molecule has 1 aromatic carbocycles.